The lowest BCUT2D eigenvalue weighted by molar-refractivity contribution is -0.307. The normalized spacial score (nSPS) is 18.1. The quantitative estimate of drug-likeness (QED) is 0.432. The summed E-state index contributed by atoms with van der Waals surface area (Å²) >= 11 is 0. The van der Waals surface area contributed by atoms with Crippen molar-refractivity contribution in [1.29, 1.82) is 0 Å². The Morgan fingerprint density at radius 3 is 2.52 bits per heavy atom. The largest absolute Gasteiger partial charge is 0.496 e. The summed E-state index contributed by atoms with van der Waals surface area (Å²) in [6, 6.07) is 9.42. The molecule has 0 bridgehead atoms. The molecule has 0 aliphatic carbocycles. The number of likely N-dealkylation sites (tertiary alicyclic amines) is 1. The number of alkyl halides is 3. The summed E-state index contributed by atoms with van der Waals surface area (Å²) in [6.07, 6.45) is -2.71. The molecule has 2 N–H and O–H groups in total. The average Bonchev–Trinajstić information content (AvgIpc) is 3.16. The van der Waals surface area contributed by atoms with Crippen molar-refractivity contribution >= 4 is 16.8 Å². The third kappa shape index (κ3) is 5.24. The number of nitrogens with zero attached hydrogens (tertiary/aromatic N) is 2. The van der Waals surface area contributed by atoms with Crippen molar-refractivity contribution in [3.63, 3.8) is 0 Å². The summed E-state index contributed by atoms with van der Waals surface area (Å²) in [5.74, 6) is 0.402. The van der Waals surface area contributed by atoms with Crippen molar-refractivity contribution in [3.8, 4) is 5.75 Å². The van der Waals surface area contributed by atoms with Gasteiger partial charge in [-0.05, 0) is 57.8 Å². The van der Waals surface area contributed by atoms with Gasteiger partial charge in [-0.2, -0.15) is 13.2 Å². The second-order valence-electron chi connectivity index (χ2n) is 11.1. The van der Waals surface area contributed by atoms with E-state index in [4.69, 9.17) is 9.47 Å². The molecule has 2 fully saturated rings. The minimum atomic E-state index is -4.27. The molecule has 2 aliphatic heterocycles. The second kappa shape index (κ2) is 10.9. The number of amides is 1. The first kappa shape index (κ1) is 28.2. The van der Waals surface area contributed by atoms with Gasteiger partial charge in [0.1, 0.15) is 11.2 Å². The topological polar surface area (TPSA) is 88.6 Å². The van der Waals surface area contributed by atoms with Crippen LogP contribution in [0, 0.1) is 25.2 Å². The molecule has 0 atom stereocenters. The fourth-order valence-corrected chi connectivity index (χ4v) is 5.95. The van der Waals surface area contributed by atoms with Gasteiger partial charge in [0.2, 0.25) is 0 Å². The van der Waals surface area contributed by atoms with E-state index in [1.165, 1.54) is 7.11 Å². The Hall–Kier alpha value is -3.31. The lowest BCUT2D eigenvalue weighted by Gasteiger charge is -2.46. The van der Waals surface area contributed by atoms with Crippen molar-refractivity contribution in [2.45, 2.75) is 46.0 Å². The van der Waals surface area contributed by atoms with Gasteiger partial charge in [0, 0.05) is 35.4 Å². The number of hydrogen-bond donors (Lipinski definition) is 2. The van der Waals surface area contributed by atoms with E-state index in [0.717, 1.165) is 29.4 Å². The Balaban J connectivity index is 1.29. The van der Waals surface area contributed by atoms with Crippen molar-refractivity contribution in [1.82, 2.24) is 19.8 Å². The first-order valence-electron chi connectivity index (χ1n) is 13.5. The average molecular weight is 561 g/mol. The molecule has 11 heteroatoms. The summed E-state index contributed by atoms with van der Waals surface area (Å²) in [4.78, 5) is 30.6. The number of nitrogens with one attached hydrogen (secondary N) is 2. The van der Waals surface area contributed by atoms with E-state index in [9.17, 15) is 22.8 Å². The van der Waals surface area contributed by atoms with Crippen LogP contribution in [-0.4, -0.2) is 66.5 Å². The Bertz CT molecular complexity index is 1450. The number of aromatic amines is 1. The number of aromatic nitrogens is 2. The number of aryl methyl sites for hydroxylation is 1. The van der Waals surface area contributed by atoms with E-state index in [0.29, 0.717) is 42.2 Å². The highest BCUT2D eigenvalue weighted by Gasteiger charge is 2.60. The maximum atomic E-state index is 13.6. The van der Waals surface area contributed by atoms with Crippen LogP contribution in [0.4, 0.5) is 13.2 Å². The number of ether oxygens (including phenoxy) is 2. The molecule has 1 amide bonds. The number of fused-ring (bicyclic) bond motifs is 1. The molecular formula is C29H35F3N4O4. The van der Waals surface area contributed by atoms with Crippen molar-refractivity contribution < 1.29 is 27.4 Å². The molecule has 3 aromatic rings. The number of carbonyl (C=O) groups excluding carboxylic acids is 1. The highest BCUT2D eigenvalue weighted by Crippen LogP contribution is 2.45. The van der Waals surface area contributed by atoms with Crippen LogP contribution in [0.3, 0.4) is 0 Å². The predicted octanol–water partition coefficient (Wildman–Crippen LogP) is 4.18. The van der Waals surface area contributed by atoms with E-state index < -0.39 is 11.6 Å². The van der Waals surface area contributed by atoms with E-state index in [1.807, 2.05) is 36.1 Å². The third-order valence-electron chi connectivity index (χ3n) is 8.37. The van der Waals surface area contributed by atoms with Crippen LogP contribution in [0.15, 0.2) is 35.1 Å². The van der Waals surface area contributed by atoms with Crippen molar-refractivity contribution in [2.24, 2.45) is 11.3 Å². The number of rotatable bonds is 8. The molecule has 40 heavy (non-hydrogen) atoms. The summed E-state index contributed by atoms with van der Waals surface area (Å²) in [5.41, 5.74) is 1.24. The number of piperidine rings is 1. The molecule has 0 unspecified atom stereocenters. The van der Waals surface area contributed by atoms with Crippen LogP contribution in [0.1, 0.15) is 40.2 Å². The molecule has 0 saturated carbocycles. The van der Waals surface area contributed by atoms with Gasteiger partial charge in [-0.15, -0.1) is 0 Å². The first-order valence-corrected chi connectivity index (χ1v) is 13.5. The van der Waals surface area contributed by atoms with Gasteiger partial charge in [-0.1, -0.05) is 18.2 Å². The number of methoxy groups -OCH3 is 1. The summed E-state index contributed by atoms with van der Waals surface area (Å²) in [6.45, 7) is 5.01. The van der Waals surface area contributed by atoms with Crippen LogP contribution in [0.5, 0.6) is 5.75 Å². The molecule has 1 aromatic carbocycles. The Labute approximate surface area is 230 Å². The fraction of sp³-hybridized carbons (Fsp3) is 0.517. The molecular weight excluding hydrogens is 525 g/mol. The van der Waals surface area contributed by atoms with Crippen LogP contribution in [0.2, 0.25) is 0 Å². The second-order valence-corrected chi connectivity index (χ2v) is 11.1. The molecule has 4 heterocycles. The minimum Gasteiger partial charge on any atom is -0.496 e. The van der Waals surface area contributed by atoms with E-state index in [1.54, 1.807) is 13.0 Å². The van der Waals surface area contributed by atoms with Gasteiger partial charge in [0.15, 0.2) is 0 Å². The number of carbonyl (C=O) groups is 1. The molecule has 8 nitrogen and oxygen atoms in total. The zero-order valence-corrected chi connectivity index (χ0v) is 23.0. The minimum absolute atomic E-state index is 0.0134. The first-order chi connectivity index (χ1) is 19.0. The third-order valence-corrected chi connectivity index (χ3v) is 8.37. The monoisotopic (exact) mass is 560 g/mol. The fourth-order valence-electron chi connectivity index (χ4n) is 5.95. The van der Waals surface area contributed by atoms with Gasteiger partial charge < -0.3 is 29.2 Å². The van der Waals surface area contributed by atoms with Crippen molar-refractivity contribution in [3.05, 3.63) is 63.2 Å². The number of H-pyrrole nitrogens is 1. The standard InChI is InChI=1S/C29H35F3N4O4/c1-18-12-24(39-3)22(26(37)34-18)13-33-27(38)25-19(2)36(23-7-5-4-6-21(23)25)14-20-8-10-35(11-9-20)15-28(16-40-17-28)29(30,31)32/h4-7,12,20H,8-11,13-17H2,1-3H3,(H,33,38)(H,34,37). The highest BCUT2D eigenvalue weighted by molar-refractivity contribution is 6.08. The Morgan fingerprint density at radius 1 is 1.20 bits per heavy atom. The maximum absolute atomic E-state index is 13.6. The zero-order valence-electron chi connectivity index (χ0n) is 23.0. The number of halogens is 3. The van der Waals surface area contributed by atoms with Crippen molar-refractivity contribution in [2.75, 3.05) is 40.0 Å². The molecule has 2 aromatic heterocycles. The molecule has 2 saturated heterocycles. The molecule has 2 aliphatic rings. The van der Waals surface area contributed by atoms with Crippen LogP contribution in [-0.2, 0) is 17.8 Å². The van der Waals surface area contributed by atoms with E-state index in [-0.39, 0.29) is 43.7 Å². The van der Waals surface area contributed by atoms with Gasteiger partial charge in [-0.25, -0.2) is 0 Å². The van der Waals surface area contributed by atoms with Gasteiger partial charge in [-0.3, -0.25) is 9.59 Å². The number of hydrogen-bond acceptors (Lipinski definition) is 5. The predicted molar refractivity (Wildman–Crippen MR) is 145 cm³/mol. The van der Waals surface area contributed by atoms with Gasteiger partial charge >= 0.3 is 6.18 Å². The number of para-hydroxylation sites is 1. The molecule has 216 valence electrons. The van der Waals surface area contributed by atoms with Crippen LogP contribution < -0.4 is 15.6 Å². The number of pyridine rings is 1. The Morgan fingerprint density at radius 2 is 1.90 bits per heavy atom. The smallest absolute Gasteiger partial charge is 0.400 e. The van der Waals surface area contributed by atoms with Crippen LogP contribution in [0.25, 0.3) is 10.9 Å². The van der Waals surface area contributed by atoms with Gasteiger partial charge in [0.25, 0.3) is 11.5 Å². The zero-order chi connectivity index (χ0) is 28.7. The SMILES string of the molecule is COc1cc(C)[nH]c(=O)c1CNC(=O)c1c(C)n(CC2CCN(CC3(C(F)(F)F)COC3)CC2)c2ccccc12. The molecule has 5 rings (SSSR count). The van der Waals surface area contributed by atoms with E-state index in [2.05, 4.69) is 14.9 Å². The lowest BCUT2D eigenvalue weighted by atomic mass is 9.83. The summed E-state index contributed by atoms with van der Waals surface area (Å²) in [5, 5.41) is 3.71. The lowest BCUT2D eigenvalue weighted by Crippen LogP contribution is -2.60. The van der Waals surface area contributed by atoms with Gasteiger partial charge in [0.05, 0.1) is 38.0 Å². The highest BCUT2D eigenvalue weighted by atomic mass is 19.4. The molecule has 0 spiro atoms. The van der Waals surface area contributed by atoms with Crippen LogP contribution >= 0.6 is 0 Å². The molecule has 0 radical (unpaired) electrons. The number of benzene rings is 1. The maximum Gasteiger partial charge on any atom is 0.400 e. The summed E-state index contributed by atoms with van der Waals surface area (Å²) < 4.78 is 53.2. The van der Waals surface area contributed by atoms with E-state index >= 15 is 0 Å². The Kier molecular flexibility index (Phi) is 7.71. The summed E-state index contributed by atoms with van der Waals surface area (Å²) in [7, 11) is 1.48.